The Morgan fingerprint density at radius 3 is 2.89 bits per heavy atom. The number of aromatic nitrogens is 1. The van der Waals surface area contributed by atoms with Gasteiger partial charge < -0.3 is 19.7 Å². The molecule has 0 saturated carbocycles. The van der Waals surface area contributed by atoms with Gasteiger partial charge in [-0.3, -0.25) is 4.79 Å². The number of carbonyl (C=O) groups is 1. The number of benzene rings is 2. The first-order chi connectivity index (χ1) is 13.7. The first kappa shape index (κ1) is 18.7. The molecule has 1 N–H and O–H groups in total. The highest BCUT2D eigenvalue weighted by molar-refractivity contribution is 7.22. The first-order valence-electron chi connectivity index (χ1n) is 9.40. The zero-order valence-electron chi connectivity index (χ0n) is 15.8. The van der Waals surface area contributed by atoms with Gasteiger partial charge in [0, 0.05) is 18.8 Å². The molecule has 1 aromatic heterocycles. The van der Waals surface area contributed by atoms with Crippen LogP contribution in [-0.4, -0.2) is 43.8 Å². The van der Waals surface area contributed by atoms with Crippen molar-refractivity contribution in [3.8, 4) is 5.75 Å². The van der Waals surface area contributed by atoms with Gasteiger partial charge in [-0.1, -0.05) is 29.5 Å². The summed E-state index contributed by atoms with van der Waals surface area (Å²) in [7, 11) is 0. The largest absolute Gasteiger partial charge is 0.493 e. The first-order valence-corrected chi connectivity index (χ1v) is 10.2. The van der Waals surface area contributed by atoms with Crippen LogP contribution in [0.4, 0.5) is 10.8 Å². The van der Waals surface area contributed by atoms with E-state index < -0.39 is 0 Å². The van der Waals surface area contributed by atoms with Crippen molar-refractivity contribution in [1.82, 2.24) is 4.98 Å². The van der Waals surface area contributed by atoms with Gasteiger partial charge in [-0.15, -0.1) is 0 Å². The number of ether oxygens (including phenoxy) is 2. The van der Waals surface area contributed by atoms with E-state index in [1.165, 1.54) is 0 Å². The Hall–Kier alpha value is -2.64. The second kappa shape index (κ2) is 8.58. The Morgan fingerprint density at radius 2 is 2.07 bits per heavy atom. The van der Waals surface area contributed by atoms with E-state index in [2.05, 4.69) is 10.2 Å². The fourth-order valence-corrected chi connectivity index (χ4v) is 4.13. The smallest absolute Gasteiger partial charge is 0.227 e. The van der Waals surface area contributed by atoms with Gasteiger partial charge in [0.25, 0.3) is 0 Å². The van der Waals surface area contributed by atoms with Crippen LogP contribution in [0.2, 0.25) is 0 Å². The number of thiazole rings is 1. The molecule has 7 heteroatoms. The van der Waals surface area contributed by atoms with Gasteiger partial charge in [-0.25, -0.2) is 4.98 Å². The summed E-state index contributed by atoms with van der Waals surface area (Å²) in [6, 6.07) is 13.6. The third kappa shape index (κ3) is 4.43. The molecule has 2 aromatic carbocycles. The molecule has 0 radical (unpaired) electrons. The van der Waals surface area contributed by atoms with Crippen molar-refractivity contribution in [2.45, 2.75) is 13.3 Å². The average Bonchev–Trinajstić information content (AvgIpc) is 3.13. The van der Waals surface area contributed by atoms with E-state index in [1.54, 1.807) is 11.3 Å². The van der Waals surface area contributed by atoms with Crippen LogP contribution < -0.4 is 15.0 Å². The Bertz CT molecular complexity index is 966. The SMILES string of the molecule is Cc1ccccc1OCCC(=O)Nc1ccc2nc(N3CCOCC3)sc2c1. The van der Waals surface area contributed by atoms with Crippen LogP contribution in [0.25, 0.3) is 10.2 Å². The molecular weight excluding hydrogens is 374 g/mol. The van der Waals surface area contributed by atoms with Crippen LogP contribution in [0.1, 0.15) is 12.0 Å². The van der Waals surface area contributed by atoms with Gasteiger partial charge in [0.2, 0.25) is 5.91 Å². The van der Waals surface area contributed by atoms with E-state index in [-0.39, 0.29) is 5.91 Å². The highest BCUT2D eigenvalue weighted by atomic mass is 32.1. The predicted octanol–water partition coefficient (Wildman–Crippen LogP) is 3.85. The minimum atomic E-state index is -0.0640. The van der Waals surface area contributed by atoms with Gasteiger partial charge in [0.05, 0.1) is 36.5 Å². The van der Waals surface area contributed by atoms with E-state index >= 15 is 0 Å². The lowest BCUT2D eigenvalue weighted by Gasteiger charge is -2.25. The van der Waals surface area contributed by atoms with Crippen LogP contribution in [0, 0.1) is 6.92 Å². The molecule has 1 fully saturated rings. The Balaban J connectivity index is 1.34. The molecule has 1 amide bonds. The minimum absolute atomic E-state index is 0.0640. The topological polar surface area (TPSA) is 63.7 Å². The molecular formula is C21H23N3O3S. The standard InChI is InChI=1S/C21H23N3O3S/c1-15-4-2-3-5-18(15)27-11-8-20(25)22-16-6-7-17-19(14-16)28-21(23-17)24-9-12-26-13-10-24/h2-7,14H,8-13H2,1H3,(H,22,25). The fraction of sp³-hybridized carbons (Fsp3) is 0.333. The average molecular weight is 398 g/mol. The number of para-hydroxylation sites is 1. The molecule has 146 valence electrons. The van der Waals surface area contributed by atoms with E-state index in [0.29, 0.717) is 13.0 Å². The van der Waals surface area contributed by atoms with Crippen LogP contribution >= 0.6 is 11.3 Å². The van der Waals surface area contributed by atoms with Crippen molar-refractivity contribution in [3.05, 3.63) is 48.0 Å². The lowest BCUT2D eigenvalue weighted by atomic mass is 10.2. The molecule has 4 rings (SSSR count). The molecule has 0 bridgehead atoms. The maximum absolute atomic E-state index is 12.3. The van der Waals surface area contributed by atoms with Crippen molar-refractivity contribution in [1.29, 1.82) is 0 Å². The number of aryl methyl sites for hydroxylation is 1. The molecule has 0 atom stereocenters. The third-order valence-corrected chi connectivity index (χ3v) is 5.70. The summed E-state index contributed by atoms with van der Waals surface area (Å²) < 4.78 is 12.2. The number of carbonyl (C=O) groups excluding carboxylic acids is 1. The quantitative estimate of drug-likeness (QED) is 0.685. The van der Waals surface area contributed by atoms with E-state index in [0.717, 1.165) is 58.7 Å². The molecule has 3 aromatic rings. The number of anilines is 2. The molecule has 28 heavy (non-hydrogen) atoms. The lowest BCUT2D eigenvalue weighted by molar-refractivity contribution is -0.116. The molecule has 0 aliphatic carbocycles. The maximum atomic E-state index is 12.3. The summed E-state index contributed by atoms with van der Waals surface area (Å²) in [6.45, 7) is 5.55. The van der Waals surface area contributed by atoms with Gasteiger partial charge in [-0.2, -0.15) is 0 Å². The number of hydrogen-bond donors (Lipinski definition) is 1. The van der Waals surface area contributed by atoms with Crippen molar-refractivity contribution in [2.24, 2.45) is 0 Å². The summed E-state index contributed by atoms with van der Waals surface area (Å²) in [5.41, 5.74) is 2.80. The van der Waals surface area contributed by atoms with Crippen molar-refractivity contribution in [2.75, 3.05) is 43.1 Å². The molecule has 0 spiro atoms. The molecule has 2 heterocycles. The monoisotopic (exact) mass is 397 g/mol. The molecule has 1 aliphatic rings. The number of amides is 1. The number of nitrogens with one attached hydrogen (secondary N) is 1. The number of nitrogens with zero attached hydrogens (tertiary/aromatic N) is 2. The van der Waals surface area contributed by atoms with Crippen LogP contribution in [0.3, 0.4) is 0 Å². The number of morpholine rings is 1. The zero-order valence-corrected chi connectivity index (χ0v) is 16.6. The maximum Gasteiger partial charge on any atom is 0.227 e. The Morgan fingerprint density at radius 1 is 1.25 bits per heavy atom. The van der Waals surface area contributed by atoms with E-state index in [9.17, 15) is 4.79 Å². The Labute approximate surface area is 168 Å². The summed E-state index contributed by atoms with van der Waals surface area (Å²) in [5.74, 6) is 0.753. The van der Waals surface area contributed by atoms with Crippen LogP contribution in [-0.2, 0) is 9.53 Å². The van der Waals surface area contributed by atoms with Gasteiger partial charge in [-0.05, 0) is 36.8 Å². The number of rotatable bonds is 6. The number of hydrogen-bond acceptors (Lipinski definition) is 6. The summed E-state index contributed by atoms with van der Waals surface area (Å²) in [4.78, 5) is 19.2. The predicted molar refractivity (Wildman–Crippen MR) is 113 cm³/mol. The van der Waals surface area contributed by atoms with E-state index in [1.807, 2.05) is 49.4 Å². The fourth-order valence-electron chi connectivity index (χ4n) is 3.08. The zero-order chi connectivity index (χ0) is 19.3. The summed E-state index contributed by atoms with van der Waals surface area (Å²) >= 11 is 1.65. The molecule has 1 aliphatic heterocycles. The second-order valence-electron chi connectivity index (χ2n) is 6.69. The van der Waals surface area contributed by atoms with Crippen LogP contribution in [0.5, 0.6) is 5.75 Å². The second-order valence-corrected chi connectivity index (χ2v) is 7.70. The molecule has 1 saturated heterocycles. The van der Waals surface area contributed by atoms with Crippen molar-refractivity contribution in [3.63, 3.8) is 0 Å². The van der Waals surface area contributed by atoms with E-state index in [4.69, 9.17) is 14.5 Å². The highest BCUT2D eigenvalue weighted by Crippen LogP contribution is 2.31. The van der Waals surface area contributed by atoms with Crippen LogP contribution in [0.15, 0.2) is 42.5 Å². The van der Waals surface area contributed by atoms with Gasteiger partial charge >= 0.3 is 0 Å². The highest BCUT2D eigenvalue weighted by Gasteiger charge is 2.15. The summed E-state index contributed by atoms with van der Waals surface area (Å²) in [6.07, 6.45) is 0.300. The number of fused-ring (bicyclic) bond motifs is 1. The lowest BCUT2D eigenvalue weighted by Crippen LogP contribution is -2.36. The van der Waals surface area contributed by atoms with Gasteiger partial charge in [0.15, 0.2) is 5.13 Å². The Kier molecular flexibility index (Phi) is 5.73. The normalized spacial score (nSPS) is 14.2. The summed E-state index contributed by atoms with van der Waals surface area (Å²) in [5, 5.41) is 3.96. The minimum Gasteiger partial charge on any atom is -0.493 e. The van der Waals surface area contributed by atoms with Gasteiger partial charge in [0.1, 0.15) is 5.75 Å². The van der Waals surface area contributed by atoms with Crippen molar-refractivity contribution < 1.29 is 14.3 Å². The third-order valence-electron chi connectivity index (χ3n) is 4.62. The van der Waals surface area contributed by atoms with Crippen molar-refractivity contribution >= 4 is 38.3 Å². The molecule has 0 unspecified atom stereocenters. The molecule has 6 nitrogen and oxygen atoms in total.